The summed E-state index contributed by atoms with van der Waals surface area (Å²) in [4.78, 5) is 162. The third-order valence-corrected chi connectivity index (χ3v) is 17.8. The number of para-hydroxylation sites is 1. The van der Waals surface area contributed by atoms with Crippen molar-refractivity contribution in [2.75, 3.05) is 71.9 Å². The number of amides is 8. The summed E-state index contributed by atoms with van der Waals surface area (Å²) >= 11 is 0. The molecule has 5 aromatic rings. The molecule has 24 nitrogen and oxygen atoms in total. The van der Waals surface area contributed by atoms with Gasteiger partial charge in [-0.25, -0.2) is 9.59 Å². The second-order valence-electron chi connectivity index (χ2n) is 26.2. The van der Waals surface area contributed by atoms with Gasteiger partial charge < -0.3 is 59.8 Å². The molecule has 2 bridgehead atoms. The Morgan fingerprint density at radius 2 is 1.35 bits per heavy atom. The number of fused-ring (bicyclic) bond motifs is 4. The number of anilines is 2. The van der Waals surface area contributed by atoms with Crippen molar-refractivity contribution >= 4 is 76.4 Å². The van der Waals surface area contributed by atoms with Crippen LogP contribution in [0.2, 0.25) is 0 Å². The zero-order chi connectivity index (χ0) is 71.3. The molecule has 24 heteroatoms. The van der Waals surface area contributed by atoms with E-state index in [1.807, 2.05) is 26.0 Å². The van der Waals surface area contributed by atoms with Crippen molar-refractivity contribution in [2.45, 2.75) is 135 Å². The lowest BCUT2D eigenvalue weighted by Gasteiger charge is -2.36. The maximum Gasteiger partial charge on any atom is 0.330 e. The van der Waals surface area contributed by atoms with Crippen LogP contribution in [0.1, 0.15) is 130 Å². The maximum absolute atomic E-state index is 15.3. The number of likely N-dealkylation sites (N-methyl/N-ethyl adjacent to an activating group) is 2. The van der Waals surface area contributed by atoms with Gasteiger partial charge in [-0.2, -0.15) is 0 Å². The number of benzene rings is 5. The van der Waals surface area contributed by atoms with Crippen molar-refractivity contribution in [1.29, 1.82) is 0 Å². The zero-order valence-corrected chi connectivity index (χ0v) is 57.5. The number of rotatable bonds is 12. The molecule has 8 rings (SSSR count). The van der Waals surface area contributed by atoms with Gasteiger partial charge in [-0.15, -0.1) is 0 Å². The van der Waals surface area contributed by atoms with Crippen molar-refractivity contribution < 1.29 is 71.7 Å². The van der Waals surface area contributed by atoms with E-state index in [2.05, 4.69) is 26.6 Å². The molecule has 0 spiro atoms. The minimum atomic E-state index is -1.52. The van der Waals surface area contributed by atoms with Crippen LogP contribution in [-0.2, 0) is 70.3 Å². The number of aryl methyl sites for hydroxylation is 1. The standard InChI is InChI=1S/C75H91N9O15/c1-48(2)42-59-71(92)81(5)47-76-39-18-28-65(87)98-46-75(3,4)67(88)73(94)84-40-16-15-26-58(84)74(95)99-60(35-31-50-32-36-61(96-7)62(44-50)97-8)53-22-17-25-55(45-53)77-63(85)37-38-64(86)80-66(51-20-11-9-12-21-51)69(90)79-56(70(91)83-41-19-27-57(83)72(93)82(59)6)43-49-29-33-52(34-30-49)68(89)78-54-23-13-10-14-24-54/h9-14,17-18,20-25,28-30,32-34,36,44-45,48,56-60,66,76H,15-16,19,26-27,31,35,37-43,46-47H2,1-8H3,(H,77,85)(H,78,89)(H,79,90)(H,80,86)/b28-18+/t56-,57+,58-,59-,60+,66-/m0/s1. The van der Waals surface area contributed by atoms with Crippen LogP contribution in [-0.4, -0.2) is 170 Å². The predicted octanol–water partition coefficient (Wildman–Crippen LogP) is 7.44. The van der Waals surface area contributed by atoms with Gasteiger partial charge in [0, 0.05) is 76.0 Å². The molecule has 2 saturated heterocycles. The fraction of sp³-hybridized carbons (Fsp3) is 0.427. The van der Waals surface area contributed by atoms with Gasteiger partial charge in [0.15, 0.2) is 11.5 Å². The van der Waals surface area contributed by atoms with Crippen molar-refractivity contribution in [1.82, 2.24) is 35.6 Å². The van der Waals surface area contributed by atoms with Crippen LogP contribution in [0.3, 0.4) is 0 Å². The van der Waals surface area contributed by atoms with Crippen molar-refractivity contribution in [3.8, 4) is 11.5 Å². The number of ether oxygens (including phenoxy) is 4. The fourth-order valence-electron chi connectivity index (χ4n) is 12.3. The number of hydrogen-bond donors (Lipinski definition) is 5. The fourth-order valence-corrected chi connectivity index (χ4v) is 12.3. The molecule has 8 amide bonds. The molecule has 526 valence electrons. The lowest BCUT2D eigenvalue weighted by Crippen LogP contribution is -2.58. The second kappa shape index (κ2) is 35.3. The average molecular weight is 1360 g/mol. The average Bonchev–Trinajstić information content (AvgIpc) is 1.78. The van der Waals surface area contributed by atoms with Gasteiger partial charge in [-0.05, 0) is 142 Å². The molecule has 6 atom stereocenters. The summed E-state index contributed by atoms with van der Waals surface area (Å²) in [6.45, 7) is 6.60. The Hall–Kier alpha value is -10.2. The van der Waals surface area contributed by atoms with Crippen LogP contribution in [0.4, 0.5) is 11.4 Å². The molecule has 99 heavy (non-hydrogen) atoms. The molecule has 0 aliphatic carbocycles. The first kappa shape index (κ1) is 74.6. The van der Waals surface area contributed by atoms with Crippen LogP contribution in [0, 0.1) is 11.3 Å². The number of Topliss-reactive ketones (excluding diaryl/α,β-unsaturated/α-hetero) is 1. The summed E-state index contributed by atoms with van der Waals surface area (Å²) in [7, 11) is 6.12. The van der Waals surface area contributed by atoms with Crippen LogP contribution >= 0.6 is 0 Å². The highest BCUT2D eigenvalue weighted by Crippen LogP contribution is 2.33. The summed E-state index contributed by atoms with van der Waals surface area (Å²) in [5.74, 6) is -6.36. The molecule has 5 N–H and O–H groups in total. The lowest BCUT2D eigenvalue weighted by molar-refractivity contribution is -0.165. The number of piperidine rings is 1. The minimum Gasteiger partial charge on any atom is -0.493 e. The highest BCUT2D eigenvalue weighted by atomic mass is 16.5. The van der Waals surface area contributed by atoms with Gasteiger partial charge in [-0.1, -0.05) is 98.8 Å². The van der Waals surface area contributed by atoms with E-state index in [0.717, 1.165) is 11.6 Å². The lowest BCUT2D eigenvalue weighted by atomic mass is 9.87. The Labute approximate surface area is 577 Å². The van der Waals surface area contributed by atoms with Gasteiger partial charge in [0.05, 0.1) is 26.3 Å². The second-order valence-corrected chi connectivity index (χ2v) is 26.2. The van der Waals surface area contributed by atoms with Crippen molar-refractivity contribution in [3.63, 3.8) is 0 Å². The number of ketones is 1. The van der Waals surface area contributed by atoms with Crippen LogP contribution in [0.15, 0.2) is 140 Å². The quantitative estimate of drug-likeness (QED) is 0.0599. The van der Waals surface area contributed by atoms with Crippen LogP contribution in [0.5, 0.6) is 11.5 Å². The van der Waals surface area contributed by atoms with Crippen LogP contribution in [0.25, 0.3) is 0 Å². The first-order valence-corrected chi connectivity index (χ1v) is 33.6. The number of methoxy groups -OCH3 is 2. The molecule has 0 aromatic heterocycles. The van der Waals surface area contributed by atoms with Gasteiger partial charge >= 0.3 is 11.9 Å². The summed E-state index contributed by atoms with van der Waals surface area (Å²) < 4.78 is 22.8. The Balaban J connectivity index is 1.09. The van der Waals surface area contributed by atoms with Gasteiger partial charge in [-0.3, -0.25) is 48.5 Å². The van der Waals surface area contributed by atoms with Crippen LogP contribution < -0.4 is 36.1 Å². The molecular formula is C75H91N9O15. The SMILES string of the molecule is COc1ccc(CC[C@H]2OC(=O)[C@@H]3CCCCN3C(=O)C(=O)C(C)(C)COC(=O)/C=C/CNCN(C)C(=O)[C@H](CC(C)C)N(C)C(=O)[C@H]3CCCN3C(=O)[C@H](Cc3ccc(C(=O)Nc4ccccc4)cc3)NC(=O)[C@H](c3ccccc3)NC(=O)CCC(=O)Nc3cccc2c3)cc1OC. The highest BCUT2D eigenvalue weighted by molar-refractivity contribution is 6.38. The van der Waals surface area contributed by atoms with E-state index >= 15 is 4.79 Å². The largest absolute Gasteiger partial charge is 0.493 e. The molecule has 3 aliphatic rings. The van der Waals surface area contributed by atoms with E-state index in [1.54, 1.807) is 122 Å². The predicted molar refractivity (Wildman–Crippen MR) is 369 cm³/mol. The Morgan fingerprint density at radius 1 is 0.687 bits per heavy atom. The first-order chi connectivity index (χ1) is 47.4. The van der Waals surface area contributed by atoms with E-state index < -0.39 is 114 Å². The topological polar surface area (TPSA) is 298 Å². The van der Waals surface area contributed by atoms with Crippen molar-refractivity contribution in [2.24, 2.45) is 11.3 Å². The zero-order valence-electron chi connectivity index (χ0n) is 57.5. The molecule has 0 unspecified atom stereocenters. The van der Waals surface area contributed by atoms with Crippen molar-refractivity contribution in [3.05, 3.63) is 167 Å². The molecule has 0 radical (unpaired) electrons. The van der Waals surface area contributed by atoms with Gasteiger partial charge in [0.25, 0.3) is 11.8 Å². The number of hydrogen-bond acceptors (Lipinski definition) is 16. The summed E-state index contributed by atoms with van der Waals surface area (Å²) in [6, 6.07) is 29.9. The molecule has 3 heterocycles. The normalized spacial score (nSPS) is 22.2. The monoisotopic (exact) mass is 1360 g/mol. The summed E-state index contributed by atoms with van der Waals surface area (Å²) in [5.41, 5.74) is 1.88. The van der Waals surface area contributed by atoms with E-state index in [4.69, 9.17) is 18.9 Å². The number of esters is 2. The van der Waals surface area contributed by atoms with E-state index in [1.165, 1.54) is 60.8 Å². The minimum absolute atomic E-state index is 0.00936. The molecule has 3 aliphatic heterocycles. The summed E-state index contributed by atoms with van der Waals surface area (Å²) in [6.07, 6.45) is 3.54. The van der Waals surface area contributed by atoms with E-state index in [-0.39, 0.29) is 76.7 Å². The molecule has 0 saturated carbocycles. The first-order valence-electron chi connectivity index (χ1n) is 33.6. The number of cyclic esters (lactones) is 2. The van der Waals surface area contributed by atoms with Gasteiger partial charge in [0.2, 0.25) is 41.2 Å². The van der Waals surface area contributed by atoms with Gasteiger partial charge in [0.1, 0.15) is 42.9 Å². The Bertz CT molecular complexity index is 3730. The third-order valence-electron chi connectivity index (χ3n) is 17.8. The number of nitrogens with one attached hydrogen (secondary N) is 5. The molecule has 2 fully saturated rings. The van der Waals surface area contributed by atoms with E-state index in [0.29, 0.717) is 70.8 Å². The molecule has 5 aromatic carbocycles. The molecular weight excluding hydrogens is 1270 g/mol. The maximum atomic E-state index is 15.3. The smallest absolute Gasteiger partial charge is 0.330 e. The number of carbonyl (C=O) groups excluding carboxylic acids is 11. The third kappa shape index (κ3) is 20.4. The highest BCUT2D eigenvalue weighted by Gasteiger charge is 2.44. The Morgan fingerprint density at radius 3 is 2.06 bits per heavy atom. The summed E-state index contributed by atoms with van der Waals surface area (Å²) in [5, 5.41) is 14.5. The van der Waals surface area contributed by atoms with E-state index in [9.17, 15) is 47.9 Å². The number of nitrogens with zero attached hydrogens (tertiary/aromatic N) is 4. The number of carbonyl (C=O) groups is 11. The Kier molecular flexibility index (Phi) is 26.6.